The van der Waals surface area contributed by atoms with E-state index in [1.807, 2.05) is 11.6 Å². The topological polar surface area (TPSA) is 43.8 Å². The van der Waals surface area contributed by atoms with E-state index in [4.69, 9.17) is 17.3 Å². The summed E-state index contributed by atoms with van der Waals surface area (Å²) in [5.41, 5.74) is 7.02. The molecule has 0 saturated heterocycles. The van der Waals surface area contributed by atoms with Crippen LogP contribution in [0.25, 0.3) is 11.3 Å². The summed E-state index contributed by atoms with van der Waals surface area (Å²) in [6.07, 6.45) is 5.98. The first-order valence-electron chi connectivity index (χ1n) is 7.36. The number of nitrogens with two attached hydrogens (primary N) is 1. The maximum atomic E-state index is 14.2. The molecule has 1 aromatic carbocycles. The molecule has 0 radical (unpaired) electrons. The largest absolute Gasteiger partial charge is 0.383 e. The summed E-state index contributed by atoms with van der Waals surface area (Å²) in [7, 11) is 1.90. The van der Waals surface area contributed by atoms with Gasteiger partial charge in [-0.05, 0) is 25.0 Å². The van der Waals surface area contributed by atoms with E-state index in [0.29, 0.717) is 23.0 Å². The van der Waals surface area contributed by atoms with Crippen LogP contribution >= 0.6 is 11.6 Å². The fourth-order valence-corrected chi connectivity index (χ4v) is 3.31. The highest BCUT2D eigenvalue weighted by molar-refractivity contribution is 6.31. The van der Waals surface area contributed by atoms with Gasteiger partial charge in [-0.25, -0.2) is 9.37 Å². The van der Waals surface area contributed by atoms with Crippen LogP contribution in [-0.2, 0) is 7.05 Å². The molecule has 0 atom stereocenters. The Morgan fingerprint density at radius 3 is 2.71 bits per heavy atom. The highest BCUT2D eigenvalue weighted by Crippen LogP contribution is 2.37. The van der Waals surface area contributed by atoms with Gasteiger partial charge in [0.15, 0.2) is 5.82 Å². The lowest BCUT2D eigenvalue weighted by Crippen LogP contribution is -2.11. The zero-order valence-electron chi connectivity index (χ0n) is 12.1. The van der Waals surface area contributed by atoms with Crippen molar-refractivity contribution in [1.29, 1.82) is 0 Å². The van der Waals surface area contributed by atoms with E-state index < -0.39 is 5.82 Å². The quantitative estimate of drug-likeness (QED) is 0.887. The van der Waals surface area contributed by atoms with Gasteiger partial charge in [0.2, 0.25) is 0 Å². The lowest BCUT2D eigenvalue weighted by atomic mass is 9.89. The van der Waals surface area contributed by atoms with Gasteiger partial charge in [0.25, 0.3) is 0 Å². The second-order valence-corrected chi connectivity index (χ2v) is 6.11. The lowest BCUT2D eigenvalue weighted by Gasteiger charge is -2.21. The van der Waals surface area contributed by atoms with Crippen LogP contribution in [0.1, 0.15) is 43.8 Å². The molecule has 5 heteroatoms. The number of imidazole rings is 1. The fraction of sp³-hybridized carbons (Fsp3) is 0.438. The van der Waals surface area contributed by atoms with Gasteiger partial charge in [0.05, 0.1) is 5.02 Å². The number of aromatic nitrogens is 2. The van der Waals surface area contributed by atoms with E-state index in [-0.39, 0.29) is 5.02 Å². The van der Waals surface area contributed by atoms with Crippen molar-refractivity contribution in [1.82, 2.24) is 9.55 Å². The Morgan fingerprint density at radius 2 is 2.00 bits per heavy atom. The van der Waals surface area contributed by atoms with Gasteiger partial charge in [0.1, 0.15) is 17.3 Å². The van der Waals surface area contributed by atoms with E-state index in [2.05, 4.69) is 4.98 Å². The third-order valence-electron chi connectivity index (χ3n) is 4.35. The number of anilines is 1. The van der Waals surface area contributed by atoms with Crippen LogP contribution in [0.4, 0.5) is 10.2 Å². The van der Waals surface area contributed by atoms with Crippen LogP contribution in [0.2, 0.25) is 5.02 Å². The Kier molecular flexibility index (Phi) is 3.89. The van der Waals surface area contributed by atoms with Crippen molar-refractivity contribution >= 4 is 17.4 Å². The summed E-state index contributed by atoms with van der Waals surface area (Å²) >= 11 is 5.86. The monoisotopic (exact) mass is 307 g/mol. The summed E-state index contributed by atoms with van der Waals surface area (Å²) in [5, 5.41) is 0.0942. The Hall–Kier alpha value is -1.55. The van der Waals surface area contributed by atoms with Gasteiger partial charge in [-0.3, -0.25) is 0 Å². The molecule has 1 heterocycles. The summed E-state index contributed by atoms with van der Waals surface area (Å²) < 4.78 is 16.1. The summed E-state index contributed by atoms with van der Waals surface area (Å²) in [6, 6.07) is 4.92. The van der Waals surface area contributed by atoms with Crippen molar-refractivity contribution in [2.75, 3.05) is 5.73 Å². The number of rotatable bonds is 2. The predicted octanol–water partition coefficient (Wildman–Crippen LogP) is 4.51. The second kappa shape index (κ2) is 5.68. The molecule has 2 N–H and O–H groups in total. The fourth-order valence-electron chi connectivity index (χ4n) is 3.14. The predicted molar refractivity (Wildman–Crippen MR) is 83.9 cm³/mol. The van der Waals surface area contributed by atoms with Gasteiger partial charge < -0.3 is 10.3 Å². The van der Waals surface area contributed by atoms with Gasteiger partial charge >= 0.3 is 0 Å². The first-order valence-corrected chi connectivity index (χ1v) is 7.74. The number of halogens is 2. The SMILES string of the molecule is Cn1c(C2CCCCC2)nc(-c2cccc(Cl)c2F)c1N. The normalized spacial score (nSPS) is 16.3. The Bertz CT molecular complexity index is 660. The first-order chi connectivity index (χ1) is 10.1. The molecular formula is C16H19ClFN3. The average molecular weight is 308 g/mol. The summed E-state index contributed by atoms with van der Waals surface area (Å²) in [4.78, 5) is 4.64. The molecule has 0 unspecified atom stereocenters. The van der Waals surface area contributed by atoms with Crippen LogP contribution in [0.5, 0.6) is 0 Å². The summed E-state index contributed by atoms with van der Waals surface area (Å²) in [6.45, 7) is 0. The third-order valence-corrected chi connectivity index (χ3v) is 4.64. The second-order valence-electron chi connectivity index (χ2n) is 5.70. The molecule has 0 bridgehead atoms. The molecular weight excluding hydrogens is 289 g/mol. The van der Waals surface area contributed by atoms with E-state index >= 15 is 0 Å². The number of hydrogen-bond donors (Lipinski definition) is 1. The minimum absolute atomic E-state index is 0.0942. The third kappa shape index (κ3) is 2.53. The minimum Gasteiger partial charge on any atom is -0.383 e. The van der Waals surface area contributed by atoms with E-state index in [1.54, 1.807) is 12.1 Å². The lowest BCUT2D eigenvalue weighted by molar-refractivity contribution is 0.422. The molecule has 1 aromatic heterocycles. The van der Waals surface area contributed by atoms with Gasteiger partial charge in [0, 0.05) is 18.5 Å². The molecule has 3 nitrogen and oxygen atoms in total. The maximum absolute atomic E-state index is 14.2. The molecule has 3 rings (SSSR count). The molecule has 1 fully saturated rings. The van der Waals surface area contributed by atoms with Crippen LogP contribution in [-0.4, -0.2) is 9.55 Å². The van der Waals surface area contributed by atoms with Crippen LogP contribution < -0.4 is 5.73 Å². The van der Waals surface area contributed by atoms with E-state index in [1.165, 1.54) is 25.3 Å². The zero-order valence-corrected chi connectivity index (χ0v) is 12.8. The molecule has 1 aliphatic rings. The molecule has 21 heavy (non-hydrogen) atoms. The van der Waals surface area contributed by atoms with Crippen molar-refractivity contribution < 1.29 is 4.39 Å². The molecule has 112 valence electrons. The maximum Gasteiger partial charge on any atom is 0.151 e. The molecule has 2 aromatic rings. The van der Waals surface area contributed by atoms with Crippen molar-refractivity contribution in [2.24, 2.45) is 7.05 Å². The Morgan fingerprint density at radius 1 is 1.29 bits per heavy atom. The van der Waals surface area contributed by atoms with Crippen molar-refractivity contribution in [3.63, 3.8) is 0 Å². The van der Waals surface area contributed by atoms with Crippen LogP contribution in [0.15, 0.2) is 18.2 Å². The van der Waals surface area contributed by atoms with Crippen molar-refractivity contribution in [3.05, 3.63) is 34.9 Å². The highest BCUT2D eigenvalue weighted by atomic mass is 35.5. The molecule has 1 aliphatic carbocycles. The van der Waals surface area contributed by atoms with Crippen molar-refractivity contribution in [3.8, 4) is 11.3 Å². The number of nitrogens with zero attached hydrogens (tertiary/aromatic N) is 2. The van der Waals surface area contributed by atoms with Gasteiger partial charge in [-0.1, -0.05) is 36.9 Å². The van der Waals surface area contributed by atoms with Crippen molar-refractivity contribution in [2.45, 2.75) is 38.0 Å². The zero-order chi connectivity index (χ0) is 15.0. The highest BCUT2D eigenvalue weighted by Gasteiger charge is 2.24. The molecule has 0 aliphatic heterocycles. The van der Waals surface area contributed by atoms with Gasteiger partial charge in [-0.2, -0.15) is 0 Å². The van der Waals surface area contributed by atoms with Crippen LogP contribution in [0.3, 0.4) is 0 Å². The smallest absolute Gasteiger partial charge is 0.151 e. The van der Waals surface area contributed by atoms with Crippen LogP contribution in [0, 0.1) is 5.82 Å². The number of nitrogen functional groups attached to an aromatic ring is 1. The van der Waals surface area contributed by atoms with E-state index in [9.17, 15) is 4.39 Å². The standard InChI is InChI=1S/C16H19ClFN3/c1-21-15(19)14(11-8-5-9-12(17)13(11)18)20-16(21)10-6-3-2-4-7-10/h5,8-10H,2-4,6-7,19H2,1H3. The first kappa shape index (κ1) is 14.4. The molecule has 0 amide bonds. The Labute approximate surface area is 128 Å². The number of hydrogen-bond acceptors (Lipinski definition) is 2. The Balaban J connectivity index is 2.06. The molecule has 0 spiro atoms. The average Bonchev–Trinajstić information content (AvgIpc) is 2.79. The minimum atomic E-state index is -0.459. The van der Waals surface area contributed by atoms with E-state index in [0.717, 1.165) is 18.7 Å². The van der Waals surface area contributed by atoms with Gasteiger partial charge in [-0.15, -0.1) is 0 Å². The number of benzene rings is 1. The molecule has 1 saturated carbocycles. The summed E-state index contributed by atoms with van der Waals surface area (Å²) in [5.74, 6) is 1.42.